The van der Waals surface area contributed by atoms with Crippen LogP contribution in [0.1, 0.15) is 16.8 Å². The van der Waals surface area contributed by atoms with Crippen LogP contribution in [0, 0.1) is 5.82 Å². The van der Waals surface area contributed by atoms with Crippen molar-refractivity contribution >= 4 is 22.9 Å². The van der Waals surface area contributed by atoms with Crippen molar-refractivity contribution in [1.29, 1.82) is 0 Å². The summed E-state index contributed by atoms with van der Waals surface area (Å²) in [5.41, 5.74) is -1.20. The fourth-order valence-corrected chi connectivity index (χ4v) is 1.55. The molecule has 1 heterocycles. The van der Waals surface area contributed by atoms with Gasteiger partial charge >= 0.3 is 17.6 Å². The maximum atomic E-state index is 13.1. The van der Waals surface area contributed by atoms with E-state index < -0.39 is 28.9 Å². The van der Waals surface area contributed by atoms with Crippen LogP contribution in [0.15, 0.2) is 33.5 Å². The molecule has 0 atom stereocenters. The molecule has 6 nitrogen and oxygen atoms in total. The number of ether oxygens (including phenoxy) is 1. The summed E-state index contributed by atoms with van der Waals surface area (Å²) in [5, 5.41) is 8.64. The zero-order valence-electron chi connectivity index (χ0n) is 10.1. The van der Waals surface area contributed by atoms with Gasteiger partial charge in [0.05, 0.1) is 6.42 Å². The van der Waals surface area contributed by atoms with Gasteiger partial charge in [0.1, 0.15) is 23.6 Å². The lowest BCUT2D eigenvalue weighted by molar-refractivity contribution is -0.137. The number of aliphatic carboxylic acids is 1. The summed E-state index contributed by atoms with van der Waals surface area (Å²) >= 11 is 0. The van der Waals surface area contributed by atoms with Crippen LogP contribution in [0.4, 0.5) is 4.39 Å². The van der Waals surface area contributed by atoms with Crippen LogP contribution < -0.4 is 5.63 Å². The molecular formula is C13H9FO6. The Morgan fingerprint density at radius 2 is 2.05 bits per heavy atom. The molecule has 1 N–H and O–H groups in total. The van der Waals surface area contributed by atoms with Gasteiger partial charge in [0.15, 0.2) is 0 Å². The van der Waals surface area contributed by atoms with Gasteiger partial charge in [0, 0.05) is 5.39 Å². The van der Waals surface area contributed by atoms with Crippen LogP contribution in [0.25, 0.3) is 11.0 Å². The first-order valence-electron chi connectivity index (χ1n) is 5.59. The van der Waals surface area contributed by atoms with Gasteiger partial charge in [0.25, 0.3) is 0 Å². The molecule has 2 aromatic rings. The second-order valence-electron chi connectivity index (χ2n) is 3.91. The molecule has 1 aromatic heterocycles. The van der Waals surface area contributed by atoms with E-state index in [-0.39, 0.29) is 24.0 Å². The Morgan fingerprint density at radius 3 is 2.75 bits per heavy atom. The Morgan fingerprint density at radius 1 is 1.30 bits per heavy atom. The van der Waals surface area contributed by atoms with Gasteiger partial charge in [0.2, 0.25) is 0 Å². The molecule has 0 unspecified atom stereocenters. The van der Waals surface area contributed by atoms with Gasteiger partial charge in [-0.3, -0.25) is 4.79 Å². The van der Waals surface area contributed by atoms with Crippen molar-refractivity contribution in [2.45, 2.75) is 6.42 Å². The smallest absolute Gasteiger partial charge is 0.351 e. The number of benzene rings is 1. The molecule has 1 aromatic carbocycles. The maximum absolute atomic E-state index is 13.1. The average Bonchev–Trinajstić information content (AvgIpc) is 2.38. The number of esters is 1. The van der Waals surface area contributed by atoms with E-state index in [1.54, 1.807) is 0 Å². The predicted molar refractivity (Wildman–Crippen MR) is 65.0 cm³/mol. The van der Waals surface area contributed by atoms with Crippen LogP contribution in [0.2, 0.25) is 0 Å². The highest BCUT2D eigenvalue weighted by atomic mass is 19.1. The van der Waals surface area contributed by atoms with Crippen molar-refractivity contribution in [2.24, 2.45) is 0 Å². The Kier molecular flexibility index (Phi) is 3.79. The van der Waals surface area contributed by atoms with Crippen LogP contribution in [-0.2, 0) is 9.53 Å². The first-order chi connectivity index (χ1) is 9.47. The van der Waals surface area contributed by atoms with Crippen LogP contribution >= 0.6 is 0 Å². The summed E-state index contributed by atoms with van der Waals surface area (Å²) < 4.78 is 22.5. The summed E-state index contributed by atoms with van der Waals surface area (Å²) in [5.74, 6) is -2.69. The molecule has 0 spiro atoms. The zero-order chi connectivity index (χ0) is 14.7. The van der Waals surface area contributed by atoms with E-state index in [1.165, 1.54) is 6.07 Å². The van der Waals surface area contributed by atoms with Gasteiger partial charge < -0.3 is 14.3 Å². The molecule has 0 radical (unpaired) electrons. The van der Waals surface area contributed by atoms with Gasteiger partial charge in [-0.25, -0.2) is 14.0 Å². The lowest BCUT2D eigenvalue weighted by atomic mass is 10.2. The van der Waals surface area contributed by atoms with Crippen molar-refractivity contribution in [1.82, 2.24) is 0 Å². The SMILES string of the molecule is O=C(O)CCOC(=O)c1cc2cc(F)ccc2oc1=O. The molecule has 104 valence electrons. The minimum Gasteiger partial charge on any atom is -0.481 e. The minimum absolute atomic E-state index is 0.137. The monoisotopic (exact) mass is 280 g/mol. The number of hydrogen-bond donors (Lipinski definition) is 1. The molecule has 0 bridgehead atoms. The number of fused-ring (bicyclic) bond motifs is 1. The van der Waals surface area contributed by atoms with E-state index in [9.17, 15) is 18.8 Å². The Labute approximate surface area is 111 Å². The summed E-state index contributed by atoms with van der Waals surface area (Å²) in [4.78, 5) is 33.5. The van der Waals surface area contributed by atoms with E-state index in [2.05, 4.69) is 4.74 Å². The van der Waals surface area contributed by atoms with Crippen molar-refractivity contribution in [3.63, 3.8) is 0 Å². The largest absolute Gasteiger partial charge is 0.481 e. The van der Waals surface area contributed by atoms with Crippen molar-refractivity contribution in [3.05, 3.63) is 46.1 Å². The summed E-state index contributed by atoms with van der Waals surface area (Å²) in [6.45, 7) is -0.366. The second kappa shape index (κ2) is 5.52. The summed E-state index contributed by atoms with van der Waals surface area (Å²) in [6, 6.07) is 4.64. The fraction of sp³-hybridized carbons (Fsp3) is 0.154. The molecular weight excluding hydrogens is 271 g/mol. The molecule has 0 saturated heterocycles. The highest BCUT2D eigenvalue weighted by Crippen LogP contribution is 2.15. The van der Waals surface area contributed by atoms with E-state index in [1.807, 2.05) is 0 Å². The topological polar surface area (TPSA) is 93.8 Å². The van der Waals surface area contributed by atoms with Gasteiger partial charge in [-0.15, -0.1) is 0 Å². The third kappa shape index (κ3) is 3.00. The quantitative estimate of drug-likeness (QED) is 0.674. The fourth-order valence-electron chi connectivity index (χ4n) is 1.55. The van der Waals surface area contributed by atoms with E-state index in [0.717, 1.165) is 18.2 Å². The van der Waals surface area contributed by atoms with Crippen LogP contribution in [-0.4, -0.2) is 23.7 Å². The molecule has 7 heteroatoms. The van der Waals surface area contributed by atoms with E-state index >= 15 is 0 Å². The number of carboxylic acids is 1. The first kappa shape index (κ1) is 13.7. The van der Waals surface area contributed by atoms with Gasteiger partial charge in [-0.1, -0.05) is 0 Å². The molecule has 0 aliphatic carbocycles. The predicted octanol–water partition coefficient (Wildman–Crippen LogP) is 1.56. The molecule has 0 aliphatic heterocycles. The molecule has 0 amide bonds. The number of hydrogen-bond acceptors (Lipinski definition) is 5. The number of halogens is 1. The van der Waals surface area contributed by atoms with Gasteiger partial charge in [-0.2, -0.15) is 0 Å². The second-order valence-corrected chi connectivity index (χ2v) is 3.91. The van der Waals surface area contributed by atoms with Crippen molar-refractivity contribution in [3.8, 4) is 0 Å². The molecule has 0 saturated carbocycles. The van der Waals surface area contributed by atoms with Crippen LogP contribution in [0.3, 0.4) is 0 Å². The van der Waals surface area contributed by atoms with Crippen LogP contribution in [0.5, 0.6) is 0 Å². The molecule has 0 fully saturated rings. The summed E-state index contributed by atoms with van der Waals surface area (Å²) in [6.07, 6.45) is -0.376. The highest BCUT2D eigenvalue weighted by Gasteiger charge is 2.15. The third-order valence-corrected chi connectivity index (χ3v) is 2.46. The number of carbonyl (C=O) groups is 2. The minimum atomic E-state index is -1.13. The normalized spacial score (nSPS) is 10.4. The summed E-state index contributed by atoms with van der Waals surface area (Å²) in [7, 11) is 0. The zero-order valence-corrected chi connectivity index (χ0v) is 10.1. The van der Waals surface area contributed by atoms with Crippen molar-refractivity contribution < 1.29 is 28.2 Å². The third-order valence-electron chi connectivity index (χ3n) is 2.46. The van der Waals surface area contributed by atoms with E-state index in [0.29, 0.717) is 0 Å². The highest BCUT2D eigenvalue weighted by molar-refractivity contribution is 5.92. The Hall–Kier alpha value is -2.70. The lowest BCUT2D eigenvalue weighted by Gasteiger charge is -2.03. The number of carbonyl (C=O) groups excluding carboxylic acids is 1. The average molecular weight is 280 g/mol. The standard InChI is InChI=1S/C13H9FO6/c14-8-1-2-10-7(5-8)6-9(13(18)20-10)12(17)19-4-3-11(15)16/h1-2,5-6H,3-4H2,(H,15,16). The maximum Gasteiger partial charge on any atom is 0.351 e. The van der Waals surface area contributed by atoms with Gasteiger partial charge in [-0.05, 0) is 24.3 Å². The molecule has 2 rings (SSSR count). The Balaban J connectivity index is 2.29. The Bertz CT molecular complexity index is 733. The van der Waals surface area contributed by atoms with E-state index in [4.69, 9.17) is 9.52 Å². The number of rotatable bonds is 4. The van der Waals surface area contributed by atoms with Crippen molar-refractivity contribution in [2.75, 3.05) is 6.61 Å². The first-order valence-corrected chi connectivity index (χ1v) is 5.59. The molecule has 20 heavy (non-hydrogen) atoms. The lowest BCUT2D eigenvalue weighted by Crippen LogP contribution is -2.17. The number of carboxylic acid groups (broad SMARTS) is 1. The molecule has 0 aliphatic rings.